The monoisotopic (exact) mass is 278 g/mol. The van der Waals surface area contributed by atoms with Crippen LogP contribution in [0.1, 0.15) is 30.1 Å². The van der Waals surface area contributed by atoms with Crippen molar-refractivity contribution in [1.29, 1.82) is 0 Å². The maximum absolute atomic E-state index is 11.6. The molecule has 0 spiro atoms. The first-order chi connectivity index (χ1) is 9.67. The molecular weight excluding hydrogens is 256 g/mol. The predicted octanol–water partition coefficient (Wildman–Crippen LogP) is 2.28. The molecule has 0 aromatic heterocycles. The standard InChI is InChI=1S/C15H22N2O3/c1-3-13-10(7-8-20-13)9-17-12-6-4-5-11(14(12)16)15(18)19-2/h4-6,10,13,17H,3,7-9,16H2,1-2H3. The van der Waals surface area contributed by atoms with Gasteiger partial charge < -0.3 is 20.5 Å². The molecule has 1 aliphatic rings. The number of methoxy groups -OCH3 is 1. The molecule has 1 aromatic rings. The fraction of sp³-hybridized carbons (Fsp3) is 0.533. The third-order valence-electron chi connectivity index (χ3n) is 3.81. The van der Waals surface area contributed by atoms with Gasteiger partial charge in [0.2, 0.25) is 0 Å². The van der Waals surface area contributed by atoms with Crippen molar-refractivity contribution >= 4 is 17.3 Å². The highest BCUT2D eigenvalue weighted by molar-refractivity contribution is 5.98. The van der Waals surface area contributed by atoms with Crippen LogP contribution in [0.2, 0.25) is 0 Å². The fourth-order valence-corrected chi connectivity index (χ4v) is 2.63. The van der Waals surface area contributed by atoms with Crippen molar-refractivity contribution in [3.05, 3.63) is 23.8 Å². The molecule has 2 rings (SSSR count). The molecule has 2 unspecified atom stereocenters. The number of hydrogen-bond donors (Lipinski definition) is 2. The third-order valence-corrected chi connectivity index (χ3v) is 3.81. The number of carbonyl (C=O) groups is 1. The van der Waals surface area contributed by atoms with E-state index in [0.29, 0.717) is 23.3 Å². The molecule has 5 heteroatoms. The van der Waals surface area contributed by atoms with Crippen molar-refractivity contribution in [1.82, 2.24) is 0 Å². The van der Waals surface area contributed by atoms with Gasteiger partial charge in [-0.05, 0) is 25.0 Å². The number of nitrogens with one attached hydrogen (secondary N) is 1. The molecule has 3 N–H and O–H groups in total. The van der Waals surface area contributed by atoms with Crippen molar-refractivity contribution in [2.24, 2.45) is 5.92 Å². The Balaban J connectivity index is 2.04. The van der Waals surface area contributed by atoms with E-state index in [2.05, 4.69) is 12.2 Å². The highest BCUT2D eigenvalue weighted by Gasteiger charge is 2.26. The quantitative estimate of drug-likeness (QED) is 0.638. The first-order valence-corrected chi connectivity index (χ1v) is 6.99. The second-order valence-corrected chi connectivity index (χ2v) is 5.01. The Labute approximate surface area is 119 Å². The number of carbonyl (C=O) groups excluding carboxylic acids is 1. The second kappa shape index (κ2) is 6.61. The summed E-state index contributed by atoms with van der Waals surface area (Å²) in [5.74, 6) is 0.0722. The molecule has 0 amide bonds. The summed E-state index contributed by atoms with van der Waals surface area (Å²) in [5, 5.41) is 3.33. The van der Waals surface area contributed by atoms with Gasteiger partial charge in [-0.2, -0.15) is 0 Å². The van der Waals surface area contributed by atoms with Crippen LogP contribution in [0.3, 0.4) is 0 Å². The van der Waals surface area contributed by atoms with Crippen LogP contribution in [0.4, 0.5) is 11.4 Å². The summed E-state index contributed by atoms with van der Waals surface area (Å²) in [6.07, 6.45) is 2.39. The molecule has 2 atom stereocenters. The van der Waals surface area contributed by atoms with E-state index in [0.717, 1.165) is 31.7 Å². The Morgan fingerprint density at radius 2 is 2.35 bits per heavy atom. The van der Waals surface area contributed by atoms with Gasteiger partial charge in [0.25, 0.3) is 0 Å². The maximum atomic E-state index is 11.6. The van der Waals surface area contributed by atoms with E-state index >= 15 is 0 Å². The van der Waals surface area contributed by atoms with E-state index in [9.17, 15) is 4.79 Å². The van der Waals surface area contributed by atoms with Crippen LogP contribution >= 0.6 is 0 Å². The Kier molecular flexibility index (Phi) is 4.84. The van der Waals surface area contributed by atoms with Gasteiger partial charge in [-0.3, -0.25) is 0 Å². The zero-order valence-corrected chi connectivity index (χ0v) is 12.0. The molecule has 1 saturated heterocycles. The average molecular weight is 278 g/mol. The lowest BCUT2D eigenvalue weighted by atomic mass is 9.99. The number of hydrogen-bond acceptors (Lipinski definition) is 5. The number of rotatable bonds is 5. The van der Waals surface area contributed by atoms with Gasteiger partial charge in [-0.25, -0.2) is 4.79 Å². The smallest absolute Gasteiger partial charge is 0.340 e. The number of nitrogen functional groups attached to an aromatic ring is 1. The first kappa shape index (κ1) is 14.7. The van der Waals surface area contributed by atoms with Crippen LogP contribution in [-0.4, -0.2) is 32.3 Å². The summed E-state index contributed by atoms with van der Waals surface area (Å²) in [6.45, 7) is 3.76. The van der Waals surface area contributed by atoms with E-state index < -0.39 is 5.97 Å². The average Bonchev–Trinajstić information content (AvgIpc) is 2.93. The zero-order chi connectivity index (χ0) is 14.5. The summed E-state index contributed by atoms with van der Waals surface area (Å²) in [5.41, 5.74) is 7.62. The van der Waals surface area contributed by atoms with Crippen molar-refractivity contribution < 1.29 is 14.3 Å². The molecule has 1 aromatic carbocycles. The molecule has 0 radical (unpaired) electrons. The Morgan fingerprint density at radius 3 is 3.05 bits per heavy atom. The van der Waals surface area contributed by atoms with E-state index in [1.165, 1.54) is 7.11 Å². The summed E-state index contributed by atoms with van der Waals surface area (Å²) < 4.78 is 10.4. The van der Waals surface area contributed by atoms with Crippen molar-refractivity contribution in [2.75, 3.05) is 31.3 Å². The maximum Gasteiger partial charge on any atom is 0.340 e. The molecule has 0 aliphatic carbocycles. The topological polar surface area (TPSA) is 73.6 Å². The predicted molar refractivity (Wildman–Crippen MR) is 78.8 cm³/mol. The van der Waals surface area contributed by atoms with Gasteiger partial charge >= 0.3 is 5.97 Å². The van der Waals surface area contributed by atoms with Crippen LogP contribution in [-0.2, 0) is 9.47 Å². The highest BCUT2D eigenvalue weighted by atomic mass is 16.5. The van der Waals surface area contributed by atoms with Crippen LogP contribution in [0.15, 0.2) is 18.2 Å². The number of para-hydroxylation sites is 1. The lowest BCUT2D eigenvalue weighted by Gasteiger charge is -2.19. The van der Waals surface area contributed by atoms with E-state index in [1.807, 2.05) is 6.07 Å². The molecule has 0 saturated carbocycles. The molecule has 110 valence electrons. The Bertz CT molecular complexity index is 476. The minimum atomic E-state index is -0.415. The Morgan fingerprint density at radius 1 is 1.55 bits per heavy atom. The zero-order valence-electron chi connectivity index (χ0n) is 12.0. The van der Waals surface area contributed by atoms with Crippen molar-refractivity contribution in [3.8, 4) is 0 Å². The number of nitrogens with two attached hydrogens (primary N) is 1. The molecule has 0 bridgehead atoms. The van der Waals surface area contributed by atoms with Crippen LogP contribution < -0.4 is 11.1 Å². The van der Waals surface area contributed by atoms with E-state index in [1.54, 1.807) is 12.1 Å². The molecule has 1 fully saturated rings. The Hall–Kier alpha value is -1.75. The number of ether oxygens (including phenoxy) is 2. The normalized spacial score (nSPS) is 21.7. The minimum Gasteiger partial charge on any atom is -0.465 e. The largest absolute Gasteiger partial charge is 0.465 e. The SMILES string of the molecule is CCC1OCCC1CNc1cccc(C(=O)OC)c1N. The summed E-state index contributed by atoms with van der Waals surface area (Å²) in [6, 6.07) is 5.34. The summed E-state index contributed by atoms with van der Waals surface area (Å²) in [4.78, 5) is 11.6. The molecule has 1 heterocycles. The molecular formula is C15H22N2O3. The first-order valence-electron chi connectivity index (χ1n) is 6.99. The fourth-order valence-electron chi connectivity index (χ4n) is 2.63. The third kappa shape index (κ3) is 3.04. The number of esters is 1. The van der Waals surface area contributed by atoms with Gasteiger partial charge in [0, 0.05) is 19.1 Å². The van der Waals surface area contributed by atoms with E-state index in [4.69, 9.17) is 15.2 Å². The highest BCUT2D eigenvalue weighted by Crippen LogP contribution is 2.27. The lowest BCUT2D eigenvalue weighted by Crippen LogP contribution is -2.23. The number of anilines is 2. The van der Waals surface area contributed by atoms with Gasteiger partial charge in [0.05, 0.1) is 30.2 Å². The van der Waals surface area contributed by atoms with Gasteiger partial charge in [-0.1, -0.05) is 13.0 Å². The summed E-state index contributed by atoms with van der Waals surface area (Å²) >= 11 is 0. The van der Waals surface area contributed by atoms with Crippen LogP contribution in [0.25, 0.3) is 0 Å². The lowest BCUT2D eigenvalue weighted by molar-refractivity contribution is 0.0602. The van der Waals surface area contributed by atoms with Gasteiger partial charge in [0.15, 0.2) is 0 Å². The summed E-state index contributed by atoms with van der Waals surface area (Å²) in [7, 11) is 1.35. The molecule has 1 aliphatic heterocycles. The number of benzene rings is 1. The van der Waals surface area contributed by atoms with Crippen LogP contribution in [0, 0.1) is 5.92 Å². The van der Waals surface area contributed by atoms with Gasteiger partial charge in [0.1, 0.15) is 0 Å². The van der Waals surface area contributed by atoms with Crippen molar-refractivity contribution in [2.45, 2.75) is 25.9 Å². The molecule has 5 nitrogen and oxygen atoms in total. The van der Waals surface area contributed by atoms with E-state index in [-0.39, 0.29) is 0 Å². The second-order valence-electron chi connectivity index (χ2n) is 5.01. The minimum absolute atomic E-state index is 0.313. The van der Waals surface area contributed by atoms with Crippen molar-refractivity contribution in [3.63, 3.8) is 0 Å². The van der Waals surface area contributed by atoms with Crippen LogP contribution in [0.5, 0.6) is 0 Å². The molecule has 20 heavy (non-hydrogen) atoms. The van der Waals surface area contributed by atoms with Gasteiger partial charge in [-0.15, -0.1) is 0 Å².